The molecule has 7 nitrogen and oxygen atoms in total. The highest BCUT2D eigenvalue weighted by Crippen LogP contribution is 2.13. The molecule has 1 unspecified atom stereocenters. The van der Waals surface area contributed by atoms with Crippen LogP contribution in [-0.2, 0) is 6.54 Å². The topological polar surface area (TPSA) is 97.9 Å². The van der Waals surface area contributed by atoms with Crippen LogP contribution in [0, 0.1) is 5.82 Å². The predicted octanol–water partition coefficient (Wildman–Crippen LogP) is 0.521. The zero-order valence-electron chi connectivity index (χ0n) is 10.9. The van der Waals surface area contributed by atoms with Gasteiger partial charge in [-0.2, -0.15) is 0 Å². The SMILES string of the molecule is CC(Cn1ccnc1)NC(=O)c1ccnc(NN)c1F. The van der Waals surface area contributed by atoms with Crippen molar-refractivity contribution in [2.75, 3.05) is 5.43 Å². The van der Waals surface area contributed by atoms with Gasteiger partial charge in [0.2, 0.25) is 0 Å². The fourth-order valence-corrected chi connectivity index (χ4v) is 1.78. The molecule has 2 aromatic rings. The number of anilines is 1. The number of halogens is 1. The summed E-state index contributed by atoms with van der Waals surface area (Å²) in [7, 11) is 0. The quantitative estimate of drug-likeness (QED) is 0.547. The van der Waals surface area contributed by atoms with Crippen LogP contribution in [-0.4, -0.2) is 26.5 Å². The maximum Gasteiger partial charge on any atom is 0.254 e. The molecule has 2 heterocycles. The van der Waals surface area contributed by atoms with Crippen LogP contribution in [0.2, 0.25) is 0 Å². The molecule has 2 rings (SSSR count). The summed E-state index contributed by atoms with van der Waals surface area (Å²) in [5.74, 6) is 3.66. The van der Waals surface area contributed by atoms with Crippen molar-refractivity contribution in [2.45, 2.75) is 19.5 Å². The molecule has 4 N–H and O–H groups in total. The second-order valence-corrected chi connectivity index (χ2v) is 4.30. The molecule has 0 saturated heterocycles. The number of nitrogen functional groups attached to an aromatic ring is 1. The van der Waals surface area contributed by atoms with Crippen LogP contribution in [0.25, 0.3) is 0 Å². The molecule has 0 fully saturated rings. The number of nitrogens with zero attached hydrogens (tertiary/aromatic N) is 3. The Morgan fingerprint density at radius 1 is 1.55 bits per heavy atom. The third-order valence-corrected chi connectivity index (χ3v) is 2.69. The molecule has 20 heavy (non-hydrogen) atoms. The average molecular weight is 278 g/mol. The monoisotopic (exact) mass is 278 g/mol. The third-order valence-electron chi connectivity index (χ3n) is 2.69. The Balaban J connectivity index is 2.04. The number of carbonyl (C=O) groups excluding carboxylic acids is 1. The molecule has 1 amide bonds. The Morgan fingerprint density at radius 2 is 2.35 bits per heavy atom. The van der Waals surface area contributed by atoms with Crippen LogP contribution >= 0.6 is 0 Å². The fraction of sp³-hybridized carbons (Fsp3) is 0.250. The van der Waals surface area contributed by atoms with Gasteiger partial charge in [-0.1, -0.05) is 0 Å². The molecule has 0 bridgehead atoms. The molecule has 8 heteroatoms. The van der Waals surface area contributed by atoms with Crippen LogP contribution in [0.3, 0.4) is 0 Å². The second-order valence-electron chi connectivity index (χ2n) is 4.30. The lowest BCUT2D eigenvalue weighted by atomic mass is 10.2. The van der Waals surface area contributed by atoms with E-state index < -0.39 is 11.7 Å². The van der Waals surface area contributed by atoms with E-state index >= 15 is 0 Å². The van der Waals surface area contributed by atoms with Gasteiger partial charge in [-0.05, 0) is 13.0 Å². The molecular formula is C12H15FN6O. The minimum Gasteiger partial charge on any atom is -0.348 e. The lowest BCUT2D eigenvalue weighted by Gasteiger charge is -2.15. The van der Waals surface area contributed by atoms with E-state index in [1.54, 1.807) is 18.7 Å². The van der Waals surface area contributed by atoms with Crippen molar-refractivity contribution in [3.63, 3.8) is 0 Å². The first-order valence-corrected chi connectivity index (χ1v) is 5.99. The van der Waals surface area contributed by atoms with Gasteiger partial charge in [0.15, 0.2) is 11.6 Å². The number of amides is 1. The van der Waals surface area contributed by atoms with E-state index in [-0.39, 0.29) is 17.4 Å². The van der Waals surface area contributed by atoms with Gasteiger partial charge in [0.1, 0.15) is 0 Å². The van der Waals surface area contributed by atoms with Crippen molar-refractivity contribution in [1.82, 2.24) is 19.9 Å². The summed E-state index contributed by atoms with van der Waals surface area (Å²) in [6.45, 7) is 2.36. The van der Waals surface area contributed by atoms with E-state index in [1.165, 1.54) is 12.3 Å². The van der Waals surface area contributed by atoms with E-state index in [1.807, 2.05) is 11.5 Å². The number of carbonyl (C=O) groups is 1. The van der Waals surface area contributed by atoms with Crippen LogP contribution in [0.5, 0.6) is 0 Å². The number of nitrogens with two attached hydrogens (primary N) is 1. The van der Waals surface area contributed by atoms with Gasteiger partial charge < -0.3 is 15.3 Å². The molecule has 0 saturated carbocycles. The van der Waals surface area contributed by atoms with Gasteiger partial charge in [-0.15, -0.1) is 0 Å². The van der Waals surface area contributed by atoms with E-state index in [0.717, 1.165) is 0 Å². The first kappa shape index (κ1) is 13.9. The molecule has 0 aliphatic carbocycles. The molecule has 106 valence electrons. The molecular weight excluding hydrogens is 263 g/mol. The minimum absolute atomic E-state index is 0.106. The van der Waals surface area contributed by atoms with Gasteiger partial charge in [0.25, 0.3) is 5.91 Å². The highest BCUT2D eigenvalue weighted by atomic mass is 19.1. The van der Waals surface area contributed by atoms with Crippen LogP contribution < -0.4 is 16.6 Å². The lowest BCUT2D eigenvalue weighted by molar-refractivity contribution is 0.0932. The largest absolute Gasteiger partial charge is 0.348 e. The van der Waals surface area contributed by atoms with Crippen LogP contribution in [0.15, 0.2) is 31.0 Å². The predicted molar refractivity (Wildman–Crippen MR) is 71.2 cm³/mol. The Kier molecular flexibility index (Phi) is 4.26. The van der Waals surface area contributed by atoms with Crippen molar-refractivity contribution < 1.29 is 9.18 Å². The van der Waals surface area contributed by atoms with Gasteiger partial charge in [0.05, 0.1) is 11.9 Å². The molecule has 0 aromatic carbocycles. The van der Waals surface area contributed by atoms with Crippen LogP contribution in [0.4, 0.5) is 10.2 Å². The Hall–Kier alpha value is -2.48. The molecule has 2 aromatic heterocycles. The number of nitrogens with one attached hydrogen (secondary N) is 2. The first-order chi connectivity index (χ1) is 9.61. The highest BCUT2D eigenvalue weighted by Gasteiger charge is 2.17. The first-order valence-electron chi connectivity index (χ1n) is 5.99. The molecule has 0 radical (unpaired) electrons. The van der Waals surface area contributed by atoms with Crippen molar-refractivity contribution in [3.8, 4) is 0 Å². The van der Waals surface area contributed by atoms with Crippen molar-refractivity contribution in [2.24, 2.45) is 5.84 Å². The number of aromatic nitrogens is 3. The number of rotatable bonds is 5. The molecule has 0 aliphatic rings. The van der Waals surface area contributed by atoms with Gasteiger partial charge in [0, 0.05) is 31.2 Å². The zero-order valence-corrected chi connectivity index (χ0v) is 10.9. The zero-order chi connectivity index (χ0) is 14.5. The van der Waals surface area contributed by atoms with Crippen molar-refractivity contribution in [1.29, 1.82) is 0 Å². The summed E-state index contributed by atoms with van der Waals surface area (Å²) >= 11 is 0. The Morgan fingerprint density at radius 3 is 3.00 bits per heavy atom. The van der Waals surface area contributed by atoms with E-state index in [0.29, 0.717) is 6.54 Å². The highest BCUT2D eigenvalue weighted by molar-refractivity contribution is 5.95. The Labute approximate surface area is 115 Å². The number of hydrogen-bond donors (Lipinski definition) is 3. The van der Waals surface area contributed by atoms with Gasteiger partial charge in [-0.3, -0.25) is 4.79 Å². The number of imidazole rings is 1. The maximum atomic E-state index is 13.9. The summed E-state index contributed by atoms with van der Waals surface area (Å²) in [5, 5.41) is 2.70. The van der Waals surface area contributed by atoms with Crippen LogP contribution in [0.1, 0.15) is 17.3 Å². The van der Waals surface area contributed by atoms with E-state index in [9.17, 15) is 9.18 Å². The summed E-state index contributed by atoms with van der Waals surface area (Å²) in [6, 6.07) is 1.12. The second kappa shape index (κ2) is 6.11. The van der Waals surface area contributed by atoms with Crippen molar-refractivity contribution in [3.05, 3.63) is 42.4 Å². The lowest BCUT2D eigenvalue weighted by Crippen LogP contribution is -2.36. The average Bonchev–Trinajstić information content (AvgIpc) is 2.91. The fourth-order valence-electron chi connectivity index (χ4n) is 1.78. The molecule has 0 spiro atoms. The van der Waals surface area contributed by atoms with Gasteiger partial charge in [-0.25, -0.2) is 20.2 Å². The number of hydrazine groups is 1. The number of hydrogen-bond acceptors (Lipinski definition) is 5. The standard InChI is InChI=1S/C12H15FN6O/c1-8(6-19-5-4-15-7-19)17-12(20)9-2-3-16-11(18-14)10(9)13/h2-5,7-8H,6,14H2,1H3,(H,16,18)(H,17,20). The molecule has 0 aliphatic heterocycles. The minimum atomic E-state index is -0.776. The molecule has 1 atom stereocenters. The summed E-state index contributed by atoms with van der Waals surface area (Å²) in [5.41, 5.74) is 2.00. The smallest absolute Gasteiger partial charge is 0.254 e. The van der Waals surface area contributed by atoms with E-state index in [2.05, 4.69) is 20.7 Å². The summed E-state index contributed by atoms with van der Waals surface area (Å²) in [6.07, 6.45) is 6.39. The number of pyridine rings is 1. The van der Waals surface area contributed by atoms with Gasteiger partial charge >= 0.3 is 0 Å². The summed E-state index contributed by atoms with van der Waals surface area (Å²) < 4.78 is 15.7. The maximum absolute atomic E-state index is 13.9. The Bertz CT molecular complexity index is 586. The summed E-state index contributed by atoms with van der Waals surface area (Å²) in [4.78, 5) is 19.6. The van der Waals surface area contributed by atoms with E-state index in [4.69, 9.17) is 5.84 Å². The third kappa shape index (κ3) is 3.09. The van der Waals surface area contributed by atoms with Crippen molar-refractivity contribution >= 4 is 11.7 Å². The normalized spacial score (nSPS) is 11.9.